The molecule has 0 aromatic heterocycles. The summed E-state index contributed by atoms with van der Waals surface area (Å²) >= 11 is 5.91. The van der Waals surface area contributed by atoms with Gasteiger partial charge in [0.25, 0.3) is 0 Å². The second kappa shape index (κ2) is 7.31. The summed E-state index contributed by atoms with van der Waals surface area (Å²) in [7, 11) is 3.27. The van der Waals surface area contributed by atoms with Crippen molar-refractivity contribution in [2.75, 3.05) is 14.2 Å². The van der Waals surface area contributed by atoms with Crippen LogP contribution in [0.1, 0.15) is 17.2 Å². The maximum atomic E-state index is 5.91. The number of ether oxygens (including phenoxy) is 2. The number of rotatable bonds is 6. The van der Waals surface area contributed by atoms with Crippen molar-refractivity contribution in [2.45, 2.75) is 12.5 Å². The topological polar surface area (TPSA) is 56.5 Å². The quantitative estimate of drug-likeness (QED) is 0.636. The van der Waals surface area contributed by atoms with Crippen molar-refractivity contribution in [1.82, 2.24) is 5.43 Å². The molecule has 1 atom stereocenters. The molecule has 0 spiro atoms. The molecule has 2 aromatic carbocycles. The lowest BCUT2D eigenvalue weighted by molar-refractivity contribution is 0.389. The molecule has 0 saturated heterocycles. The van der Waals surface area contributed by atoms with Crippen LogP contribution in [0.3, 0.4) is 0 Å². The highest BCUT2D eigenvalue weighted by Gasteiger charge is 2.16. The molecule has 2 aromatic rings. The van der Waals surface area contributed by atoms with E-state index in [1.165, 1.54) is 0 Å². The van der Waals surface area contributed by atoms with E-state index >= 15 is 0 Å². The highest BCUT2D eigenvalue weighted by atomic mass is 35.5. The lowest BCUT2D eigenvalue weighted by atomic mass is 9.98. The first-order chi connectivity index (χ1) is 10.2. The number of nitrogens with two attached hydrogens (primary N) is 1. The number of nitrogens with one attached hydrogen (secondary N) is 1. The van der Waals surface area contributed by atoms with Gasteiger partial charge in [-0.05, 0) is 42.3 Å². The molecule has 112 valence electrons. The lowest BCUT2D eigenvalue weighted by Crippen LogP contribution is -2.30. The van der Waals surface area contributed by atoms with E-state index < -0.39 is 0 Å². The third-order valence-corrected chi connectivity index (χ3v) is 3.62. The Morgan fingerprint density at radius 1 is 1.10 bits per heavy atom. The first kappa shape index (κ1) is 15.6. The van der Waals surface area contributed by atoms with E-state index in [0.29, 0.717) is 0 Å². The fraction of sp³-hybridized carbons (Fsp3) is 0.250. The van der Waals surface area contributed by atoms with E-state index in [2.05, 4.69) is 5.43 Å². The first-order valence-electron chi connectivity index (χ1n) is 6.60. The van der Waals surface area contributed by atoms with Crippen LogP contribution in [0.5, 0.6) is 11.5 Å². The Kier molecular flexibility index (Phi) is 5.44. The SMILES string of the molecule is COc1ccc(OC)c(C(Cc2ccc(Cl)cc2)NN)c1. The lowest BCUT2D eigenvalue weighted by Gasteiger charge is -2.20. The molecule has 0 aliphatic heterocycles. The first-order valence-corrected chi connectivity index (χ1v) is 6.98. The number of halogens is 1. The minimum atomic E-state index is -0.0868. The van der Waals surface area contributed by atoms with Gasteiger partial charge in [0.2, 0.25) is 0 Å². The van der Waals surface area contributed by atoms with Crippen LogP contribution < -0.4 is 20.7 Å². The molecule has 1 unspecified atom stereocenters. The Morgan fingerprint density at radius 2 is 1.81 bits per heavy atom. The van der Waals surface area contributed by atoms with Gasteiger partial charge in [0, 0.05) is 10.6 Å². The van der Waals surface area contributed by atoms with Crippen LogP contribution in [0.2, 0.25) is 5.02 Å². The summed E-state index contributed by atoms with van der Waals surface area (Å²) in [4.78, 5) is 0. The molecule has 0 saturated carbocycles. The summed E-state index contributed by atoms with van der Waals surface area (Å²) in [6.07, 6.45) is 0.719. The van der Waals surface area contributed by atoms with Crippen LogP contribution in [0.15, 0.2) is 42.5 Å². The molecule has 0 bridgehead atoms. The monoisotopic (exact) mass is 306 g/mol. The Balaban J connectivity index is 2.29. The summed E-state index contributed by atoms with van der Waals surface area (Å²) in [5, 5.41) is 0.718. The maximum absolute atomic E-state index is 5.91. The Morgan fingerprint density at radius 3 is 2.38 bits per heavy atom. The summed E-state index contributed by atoms with van der Waals surface area (Å²) in [6, 6.07) is 13.3. The molecule has 0 amide bonds. The van der Waals surface area contributed by atoms with Crippen molar-refractivity contribution in [2.24, 2.45) is 5.84 Å². The number of hydrogen-bond acceptors (Lipinski definition) is 4. The number of benzene rings is 2. The molecule has 0 aliphatic carbocycles. The predicted molar refractivity (Wildman–Crippen MR) is 84.8 cm³/mol. The van der Waals surface area contributed by atoms with Crippen molar-refractivity contribution >= 4 is 11.6 Å². The van der Waals surface area contributed by atoms with Gasteiger partial charge in [-0.15, -0.1) is 0 Å². The zero-order valence-electron chi connectivity index (χ0n) is 12.1. The smallest absolute Gasteiger partial charge is 0.123 e. The third kappa shape index (κ3) is 3.88. The molecule has 0 fully saturated rings. The Labute approximate surface area is 129 Å². The molecule has 4 nitrogen and oxygen atoms in total. The van der Waals surface area contributed by atoms with Crippen molar-refractivity contribution in [3.8, 4) is 11.5 Å². The molecule has 2 rings (SSSR count). The molecular formula is C16H19ClN2O2. The van der Waals surface area contributed by atoms with Gasteiger partial charge in [-0.2, -0.15) is 0 Å². The van der Waals surface area contributed by atoms with Crippen LogP contribution in [-0.4, -0.2) is 14.2 Å². The average molecular weight is 307 g/mol. The highest BCUT2D eigenvalue weighted by molar-refractivity contribution is 6.30. The third-order valence-electron chi connectivity index (χ3n) is 3.37. The summed E-state index contributed by atoms with van der Waals surface area (Å²) < 4.78 is 10.7. The zero-order chi connectivity index (χ0) is 15.2. The van der Waals surface area contributed by atoms with Crippen molar-refractivity contribution < 1.29 is 9.47 Å². The van der Waals surface area contributed by atoms with E-state index in [0.717, 1.165) is 34.1 Å². The van der Waals surface area contributed by atoms with E-state index in [-0.39, 0.29) is 6.04 Å². The molecule has 0 heterocycles. The van der Waals surface area contributed by atoms with Gasteiger partial charge in [0.05, 0.1) is 20.3 Å². The molecular weight excluding hydrogens is 288 g/mol. The largest absolute Gasteiger partial charge is 0.497 e. The minimum Gasteiger partial charge on any atom is -0.497 e. The van der Waals surface area contributed by atoms with Crippen LogP contribution in [0, 0.1) is 0 Å². The van der Waals surface area contributed by atoms with Gasteiger partial charge in [0.1, 0.15) is 11.5 Å². The van der Waals surface area contributed by atoms with Gasteiger partial charge in [0.15, 0.2) is 0 Å². The van der Waals surface area contributed by atoms with Crippen LogP contribution in [0.4, 0.5) is 0 Å². The average Bonchev–Trinajstić information content (AvgIpc) is 2.53. The van der Waals surface area contributed by atoms with E-state index in [9.17, 15) is 0 Å². The normalized spacial score (nSPS) is 12.0. The predicted octanol–water partition coefficient (Wildman–Crippen LogP) is 3.10. The summed E-state index contributed by atoms with van der Waals surface area (Å²) in [5.74, 6) is 7.26. The van der Waals surface area contributed by atoms with Crippen LogP contribution in [-0.2, 0) is 6.42 Å². The van der Waals surface area contributed by atoms with Gasteiger partial charge in [-0.25, -0.2) is 0 Å². The van der Waals surface area contributed by atoms with Crippen LogP contribution in [0.25, 0.3) is 0 Å². The molecule has 0 aliphatic rings. The van der Waals surface area contributed by atoms with Gasteiger partial charge in [-0.3, -0.25) is 11.3 Å². The Bertz CT molecular complexity index is 587. The van der Waals surface area contributed by atoms with E-state index in [1.54, 1.807) is 14.2 Å². The second-order valence-corrected chi connectivity index (χ2v) is 5.09. The minimum absolute atomic E-state index is 0.0868. The zero-order valence-corrected chi connectivity index (χ0v) is 12.9. The Hall–Kier alpha value is -1.75. The molecule has 21 heavy (non-hydrogen) atoms. The van der Waals surface area contributed by atoms with E-state index in [4.69, 9.17) is 26.9 Å². The summed E-state index contributed by atoms with van der Waals surface area (Å²) in [6.45, 7) is 0. The number of methoxy groups -OCH3 is 2. The van der Waals surface area contributed by atoms with Gasteiger partial charge < -0.3 is 9.47 Å². The fourth-order valence-corrected chi connectivity index (χ4v) is 2.35. The van der Waals surface area contributed by atoms with Gasteiger partial charge in [-0.1, -0.05) is 23.7 Å². The fourth-order valence-electron chi connectivity index (χ4n) is 2.23. The second-order valence-electron chi connectivity index (χ2n) is 4.66. The van der Waals surface area contributed by atoms with Crippen LogP contribution >= 0.6 is 11.6 Å². The van der Waals surface area contributed by atoms with E-state index in [1.807, 2.05) is 42.5 Å². The van der Waals surface area contributed by atoms with Crippen molar-refractivity contribution in [3.05, 3.63) is 58.6 Å². The maximum Gasteiger partial charge on any atom is 0.123 e. The van der Waals surface area contributed by atoms with Crippen molar-refractivity contribution in [1.29, 1.82) is 0 Å². The summed E-state index contributed by atoms with van der Waals surface area (Å²) in [5.41, 5.74) is 4.92. The molecule has 3 N–H and O–H groups in total. The van der Waals surface area contributed by atoms with Gasteiger partial charge >= 0.3 is 0 Å². The highest BCUT2D eigenvalue weighted by Crippen LogP contribution is 2.31. The molecule has 0 radical (unpaired) electrons. The van der Waals surface area contributed by atoms with Crippen molar-refractivity contribution in [3.63, 3.8) is 0 Å². The number of hydrazine groups is 1. The number of hydrogen-bond donors (Lipinski definition) is 2. The standard InChI is InChI=1S/C16H19ClN2O2/c1-20-13-7-8-16(21-2)14(10-13)15(19-18)9-11-3-5-12(17)6-4-11/h3-8,10,15,19H,9,18H2,1-2H3. The molecule has 5 heteroatoms.